The van der Waals surface area contributed by atoms with Gasteiger partial charge < -0.3 is 10.1 Å². The molecule has 1 N–H and O–H groups in total. The predicted octanol–water partition coefficient (Wildman–Crippen LogP) is 3.12. The number of nitrogens with zero attached hydrogens (tertiary/aromatic N) is 1. The molecule has 1 aliphatic heterocycles. The quantitative estimate of drug-likeness (QED) is 0.920. The summed E-state index contributed by atoms with van der Waals surface area (Å²) in [5, 5.41) is 3.77. The average molecular weight is 286 g/mol. The minimum absolute atomic E-state index is 0.730. The van der Waals surface area contributed by atoms with Crippen LogP contribution in [-0.4, -0.2) is 37.2 Å². The lowest BCUT2D eigenvalue weighted by molar-refractivity contribution is 0.0342. The number of fused-ring (bicyclic) bond motifs is 2. The second kappa shape index (κ2) is 5.98. The van der Waals surface area contributed by atoms with Crippen molar-refractivity contribution < 1.29 is 4.74 Å². The molecule has 21 heavy (non-hydrogen) atoms. The van der Waals surface area contributed by atoms with Crippen molar-refractivity contribution in [2.24, 2.45) is 11.8 Å². The Morgan fingerprint density at radius 3 is 2.52 bits per heavy atom. The third-order valence-corrected chi connectivity index (χ3v) is 5.55. The lowest BCUT2D eigenvalue weighted by Gasteiger charge is -2.27. The molecule has 1 saturated heterocycles. The van der Waals surface area contributed by atoms with Gasteiger partial charge in [-0.05, 0) is 48.8 Å². The van der Waals surface area contributed by atoms with Crippen LogP contribution in [0, 0.1) is 11.8 Å². The van der Waals surface area contributed by atoms with Gasteiger partial charge in [0.25, 0.3) is 0 Å². The number of nitrogens with one attached hydrogen (secondary N) is 1. The van der Waals surface area contributed by atoms with Crippen molar-refractivity contribution in [1.29, 1.82) is 0 Å². The molecule has 3 nitrogen and oxygen atoms in total. The Morgan fingerprint density at radius 2 is 1.86 bits per heavy atom. The SMILES string of the molecule is c1cc(NC2CC3CCC2C3)ccc1CN1CCOCC1. The molecule has 3 heteroatoms. The van der Waals surface area contributed by atoms with Crippen molar-refractivity contribution in [2.45, 2.75) is 38.3 Å². The molecular weight excluding hydrogens is 260 g/mol. The normalized spacial score (nSPS) is 32.5. The van der Waals surface area contributed by atoms with E-state index in [4.69, 9.17) is 4.74 Å². The van der Waals surface area contributed by atoms with Crippen LogP contribution in [0.15, 0.2) is 24.3 Å². The molecule has 3 unspecified atom stereocenters. The Morgan fingerprint density at radius 1 is 1.05 bits per heavy atom. The fourth-order valence-corrected chi connectivity index (χ4v) is 4.36. The van der Waals surface area contributed by atoms with E-state index in [1.807, 2.05) is 0 Å². The van der Waals surface area contributed by atoms with E-state index in [1.54, 1.807) is 0 Å². The van der Waals surface area contributed by atoms with Gasteiger partial charge in [-0.1, -0.05) is 18.6 Å². The highest BCUT2D eigenvalue weighted by Crippen LogP contribution is 2.45. The monoisotopic (exact) mass is 286 g/mol. The van der Waals surface area contributed by atoms with Crippen molar-refractivity contribution in [3.8, 4) is 0 Å². The van der Waals surface area contributed by atoms with Gasteiger partial charge in [0.1, 0.15) is 0 Å². The van der Waals surface area contributed by atoms with Gasteiger partial charge in [-0.2, -0.15) is 0 Å². The summed E-state index contributed by atoms with van der Waals surface area (Å²) in [6, 6.07) is 9.83. The van der Waals surface area contributed by atoms with Gasteiger partial charge in [0.05, 0.1) is 13.2 Å². The molecule has 2 bridgehead atoms. The number of morpholine rings is 1. The minimum atomic E-state index is 0.730. The van der Waals surface area contributed by atoms with E-state index in [2.05, 4.69) is 34.5 Å². The lowest BCUT2D eigenvalue weighted by Crippen LogP contribution is -2.35. The third kappa shape index (κ3) is 3.09. The molecular formula is C18H26N2O. The third-order valence-electron chi connectivity index (χ3n) is 5.55. The molecule has 0 spiro atoms. The van der Waals surface area contributed by atoms with Crippen LogP contribution in [0.3, 0.4) is 0 Å². The smallest absolute Gasteiger partial charge is 0.0594 e. The molecule has 3 atom stereocenters. The van der Waals surface area contributed by atoms with Crippen LogP contribution < -0.4 is 5.32 Å². The zero-order valence-corrected chi connectivity index (χ0v) is 12.8. The van der Waals surface area contributed by atoms with Crippen molar-refractivity contribution in [2.75, 3.05) is 31.6 Å². The molecule has 0 amide bonds. The highest BCUT2D eigenvalue weighted by atomic mass is 16.5. The van der Waals surface area contributed by atoms with E-state index < -0.39 is 0 Å². The number of hydrogen-bond acceptors (Lipinski definition) is 3. The van der Waals surface area contributed by atoms with Crippen LogP contribution in [0.1, 0.15) is 31.2 Å². The molecule has 4 rings (SSSR count). The van der Waals surface area contributed by atoms with Gasteiger partial charge in [-0.25, -0.2) is 0 Å². The number of anilines is 1. The molecule has 3 aliphatic rings. The molecule has 114 valence electrons. The molecule has 1 aromatic carbocycles. The summed E-state index contributed by atoms with van der Waals surface area (Å²) in [7, 11) is 0. The lowest BCUT2D eigenvalue weighted by atomic mass is 9.95. The first-order valence-corrected chi connectivity index (χ1v) is 8.52. The van der Waals surface area contributed by atoms with Crippen LogP contribution >= 0.6 is 0 Å². The van der Waals surface area contributed by atoms with Gasteiger partial charge >= 0.3 is 0 Å². The molecule has 0 aromatic heterocycles. The zero-order valence-electron chi connectivity index (χ0n) is 12.8. The van der Waals surface area contributed by atoms with Crippen molar-refractivity contribution >= 4 is 5.69 Å². The summed E-state index contributed by atoms with van der Waals surface area (Å²) in [6.45, 7) is 4.93. The second-order valence-electron chi connectivity index (χ2n) is 7.01. The highest BCUT2D eigenvalue weighted by molar-refractivity contribution is 5.46. The summed E-state index contributed by atoms with van der Waals surface area (Å²) in [5.41, 5.74) is 2.72. The maximum atomic E-state index is 5.40. The molecule has 2 saturated carbocycles. The van der Waals surface area contributed by atoms with E-state index >= 15 is 0 Å². The molecule has 2 aliphatic carbocycles. The maximum absolute atomic E-state index is 5.40. The first-order chi connectivity index (χ1) is 10.4. The Hall–Kier alpha value is -1.06. The van der Waals surface area contributed by atoms with Crippen molar-refractivity contribution in [3.05, 3.63) is 29.8 Å². The minimum Gasteiger partial charge on any atom is -0.382 e. The first-order valence-electron chi connectivity index (χ1n) is 8.52. The predicted molar refractivity (Wildman–Crippen MR) is 85.4 cm³/mol. The van der Waals surface area contributed by atoms with Crippen LogP contribution in [0.5, 0.6) is 0 Å². The van der Waals surface area contributed by atoms with E-state index in [9.17, 15) is 0 Å². The van der Waals surface area contributed by atoms with Gasteiger partial charge in [0, 0.05) is 31.4 Å². The van der Waals surface area contributed by atoms with Gasteiger partial charge in [-0.15, -0.1) is 0 Å². The van der Waals surface area contributed by atoms with E-state index in [0.29, 0.717) is 0 Å². The van der Waals surface area contributed by atoms with Crippen LogP contribution in [-0.2, 0) is 11.3 Å². The van der Waals surface area contributed by atoms with Crippen molar-refractivity contribution in [1.82, 2.24) is 4.90 Å². The van der Waals surface area contributed by atoms with E-state index in [1.165, 1.54) is 36.9 Å². The van der Waals surface area contributed by atoms with Gasteiger partial charge in [0.2, 0.25) is 0 Å². The van der Waals surface area contributed by atoms with Crippen molar-refractivity contribution in [3.63, 3.8) is 0 Å². The molecule has 1 heterocycles. The Labute approximate surface area is 127 Å². The Balaban J connectivity index is 1.33. The van der Waals surface area contributed by atoms with Gasteiger partial charge in [0.15, 0.2) is 0 Å². The van der Waals surface area contributed by atoms with E-state index in [-0.39, 0.29) is 0 Å². The summed E-state index contributed by atoms with van der Waals surface area (Å²) in [6.07, 6.45) is 5.77. The number of rotatable bonds is 4. The zero-order chi connectivity index (χ0) is 14.1. The molecule has 3 fully saturated rings. The molecule has 0 radical (unpaired) electrons. The highest BCUT2D eigenvalue weighted by Gasteiger charge is 2.39. The topological polar surface area (TPSA) is 24.5 Å². The summed E-state index contributed by atoms with van der Waals surface area (Å²) < 4.78 is 5.40. The summed E-state index contributed by atoms with van der Waals surface area (Å²) >= 11 is 0. The number of ether oxygens (including phenoxy) is 1. The number of benzene rings is 1. The fourth-order valence-electron chi connectivity index (χ4n) is 4.36. The largest absolute Gasteiger partial charge is 0.382 e. The van der Waals surface area contributed by atoms with Gasteiger partial charge in [-0.3, -0.25) is 4.90 Å². The summed E-state index contributed by atoms with van der Waals surface area (Å²) in [5.74, 6) is 1.94. The Bertz CT molecular complexity index is 467. The Kier molecular flexibility index (Phi) is 3.87. The maximum Gasteiger partial charge on any atom is 0.0594 e. The second-order valence-corrected chi connectivity index (χ2v) is 7.01. The van der Waals surface area contributed by atoms with Crippen LogP contribution in [0.4, 0.5) is 5.69 Å². The first kappa shape index (κ1) is 13.6. The van der Waals surface area contributed by atoms with Crippen LogP contribution in [0.25, 0.3) is 0 Å². The standard InChI is InChI=1S/C18H26N2O/c1-4-16-11-15(1)12-18(16)19-17-5-2-14(3-6-17)13-20-7-9-21-10-8-20/h2-3,5-6,15-16,18-19H,1,4,7-13H2. The van der Waals surface area contributed by atoms with Crippen LogP contribution in [0.2, 0.25) is 0 Å². The molecule has 1 aromatic rings. The summed E-state index contributed by atoms with van der Waals surface area (Å²) in [4.78, 5) is 2.47. The average Bonchev–Trinajstić information content (AvgIpc) is 3.13. The van der Waals surface area contributed by atoms with E-state index in [0.717, 1.165) is 50.7 Å². The fraction of sp³-hybridized carbons (Fsp3) is 0.667. The number of hydrogen-bond donors (Lipinski definition) is 1.